The molecule has 1 aromatic carbocycles. The molecule has 2 atom stereocenters. The molecule has 136 valence electrons. The summed E-state index contributed by atoms with van der Waals surface area (Å²) in [6, 6.07) is 4.86. The van der Waals surface area contributed by atoms with Crippen LogP contribution in [-0.2, 0) is 14.6 Å². The maximum atomic E-state index is 12.4. The average Bonchev–Trinajstić information content (AvgIpc) is 2.92. The van der Waals surface area contributed by atoms with E-state index in [1.54, 1.807) is 43.9 Å². The predicted molar refractivity (Wildman–Crippen MR) is 105 cm³/mol. The molecule has 25 heavy (non-hydrogen) atoms. The van der Waals surface area contributed by atoms with E-state index in [2.05, 4.69) is 4.99 Å². The van der Waals surface area contributed by atoms with Gasteiger partial charge in [0.15, 0.2) is 15.0 Å². The highest BCUT2D eigenvalue weighted by Crippen LogP contribution is 2.44. The molecular formula is C16H18Cl2N2O3S2. The molecule has 2 aliphatic heterocycles. The number of aliphatic imine (C=N–C) groups is 1. The van der Waals surface area contributed by atoms with Crippen molar-refractivity contribution in [3.8, 4) is 0 Å². The third kappa shape index (κ3) is 3.70. The van der Waals surface area contributed by atoms with E-state index >= 15 is 0 Å². The minimum absolute atomic E-state index is 0.0102. The molecule has 0 radical (unpaired) electrons. The summed E-state index contributed by atoms with van der Waals surface area (Å²) in [4.78, 5) is 18.4. The number of anilines is 1. The van der Waals surface area contributed by atoms with Gasteiger partial charge in [-0.15, -0.1) is 0 Å². The van der Waals surface area contributed by atoms with E-state index in [0.29, 0.717) is 20.9 Å². The number of amides is 1. The Morgan fingerprint density at radius 3 is 2.60 bits per heavy atom. The Labute approximate surface area is 161 Å². The number of hydrogen-bond acceptors (Lipinski definition) is 4. The molecule has 0 aliphatic carbocycles. The smallest absolute Gasteiger partial charge is 0.253 e. The summed E-state index contributed by atoms with van der Waals surface area (Å²) in [6.07, 6.45) is 0. The zero-order chi connectivity index (χ0) is 18.6. The van der Waals surface area contributed by atoms with Crippen molar-refractivity contribution in [1.29, 1.82) is 0 Å². The summed E-state index contributed by atoms with van der Waals surface area (Å²) in [5.41, 5.74) is -0.0482. The quantitative estimate of drug-likeness (QED) is 0.693. The molecule has 0 spiro atoms. The highest BCUT2D eigenvalue weighted by Gasteiger charge is 2.50. The van der Waals surface area contributed by atoms with Crippen molar-refractivity contribution in [2.45, 2.75) is 32.1 Å². The fraction of sp³-hybridized carbons (Fsp3) is 0.500. The van der Waals surface area contributed by atoms with Crippen molar-refractivity contribution < 1.29 is 13.2 Å². The molecule has 0 bridgehead atoms. The minimum atomic E-state index is -3.13. The number of nitrogens with zero attached hydrogens (tertiary/aromatic N) is 2. The summed E-state index contributed by atoms with van der Waals surface area (Å²) in [5, 5.41) is 1.00. The summed E-state index contributed by atoms with van der Waals surface area (Å²) >= 11 is 13.8. The van der Waals surface area contributed by atoms with Crippen molar-refractivity contribution >= 4 is 61.6 Å². The Kier molecular flexibility index (Phi) is 4.90. The van der Waals surface area contributed by atoms with Gasteiger partial charge in [0.05, 0.1) is 33.3 Å². The zero-order valence-corrected chi connectivity index (χ0v) is 17.1. The van der Waals surface area contributed by atoms with Gasteiger partial charge in [-0.3, -0.25) is 4.79 Å². The third-order valence-corrected chi connectivity index (χ3v) is 8.11. The summed E-state index contributed by atoms with van der Waals surface area (Å²) in [6.45, 7) is 5.38. The largest absolute Gasteiger partial charge is 0.314 e. The fourth-order valence-corrected chi connectivity index (χ4v) is 7.07. The molecule has 1 amide bonds. The lowest BCUT2D eigenvalue weighted by Gasteiger charge is -2.26. The van der Waals surface area contributed by atoms with Crippen LogP contribution >= 0.6 is 35.0 Å². The van der Waals surface area contributed by atoms with Gasteiger partial charge in [0.2, 0.25) is 0 Å². The standard InChI is InChI=1S/C16H18Cl2N2O3S2/c1-16(2,3)14(21)19-15-20(10-6-4-5-9(17)13(10)18)11-7-25(22,23)8-12(11)24-15/h4-6,11-12H,7-8H2,1-3H3/t11-,12-/m1/s1. The van der Waals surface area contributed by atoms with Crippen LogP contribution in [0.5, 0.6) is 0 Å². The van der Waals surface area contributed by atoms with Gasteiger partial charge < -0.3 is 4.90 Å². The molecule has 0 aromatic heterocycles. The Hall–Kier alpha value is -0.760. The molecule has 5 nitrogen and oxygen atoms in total. The van der Waals surface area contributed by atoms with Crippen molar-refractivity contribution in [2.24, 2.45) is 10.4 Å². The molecule has 3 rings (SSSR count). The van der Waals surface area contributed by atoms with Crippen LogP contribution in [0.25, 0.3) is 0 Å². The molecule has 0 N–H and O–H groups in total. The number of rotatable bonds is 1. The number of thioether (sulfide) groups is 1. The summed E-state index contributed by atoms with van der Waals surface area (Å²) in [7, 11) is -3.13. The van der Waals surface area contributed by atoms with Crippen LogP contribution in [0.15, 0.2) is 23.2 Å². The van der Waals surface area contributed by atoms with Crippen molar-refractivity contribution in [3.63, 3.8) is 0 Å². The van der Waals surface area contributed by atoms with Crippen molar-refractivity contribution in [3.05, 3.63) is 28.2 Å². The molecule has 9 heteroatoms. The molecule has 0 unspecified atom stereocenters. The molecular weight excluding hydrogens is 403 g/mol. The van der Waals surface area contributed by atoms with Gasteiger partial charge >= 0.3 is 0 Å². The third-order valence-electron chi connectivity index (χ3n) is 4.10. The second kappa shape index (κ2) is 6.44. The van der Waals surface area contributed by atoms with Crippen LogP contribution in [0.3, 0.4) is 0 Å². The van der Waals surface area contributed by atoms with Crippen molar-refractivity contribution in [2.75, 3.05) is 16.4 Å². The second-order valence-electron chi connectivity index (χ2n) is 7.19. The van der Waals surface area contributed by atoms with Gasteiger partial charge in [0, 0.05) is 10.7 Å². The topological polar surface area (TPSA) is 66.8 Å². The number of benzene rings is 1. The number of sulfone groups is 1. The van der Waals surface area contributed by atoms with Crippen LogP contribution in [-0.4, -0.2) is 42.3 Å². The fourth-order valence-electron chi connectivity index (χ4n) is 2.78. The predicted octanol–water partition coefficient (Wildman–Crippen LogP) is 3.64. The zero-order valence-electron chi connectivity index (χ0n) is 14.0. The first-order valence-corrected chi connectivity index (χ1v) is 11.2. The Morgan fingerprint density at radius 1 is 1.28 bits per heavy atom. The molecule has 1 aromatic rings. The Bertz CT molecular complexity index is 863. The van der Waals surface area contributed by atoms with Gasteiger partial charge in [-0.05, 0) is 12.1 Å². The first-order chi connectivity index (χ1) is 11.5. The number of halogens is 2. The lowest BCUT2D eigenvalue weighted by molar-refractivity contribution is -0.124. The van der Waals surface area contributed by atoms with E-state index in [1.165, 1.54) is 11.8 Å². The number of hydrogen-bond donors (Lipinski definition) is 0. The highest BCUT2D eigenvalue weighted by molar-refractivity contribution is 8.16. The normalized spacial score (nSPS) is 26.9. The lowest BCUT2D eigenvalue weighted by atomic mass is 9.96. The summed E-state index contributed by atoms with van der Waals surface area (Å²) < 4.78 is 24.1. The van der Waals surface area contributed by atoms with Crippen LogP contribution in [0, 0.1) is 5.41 Å². The van der Waals surface area contributed by atoms with E-state index in [4.69, 9.17) is 23.2 Å². The second-order valence-corrected chi connectivity index (χ2v) is 11.3. The average molecular weight is 421 g/mol. The van der Waals surface area contributed by atoms with Crippen LogP contribution in [0.2, 0.25) is 10.0 Å². The maximum absolute atomic E-state index is 12.4. The van der Waals surface area contributed by atoms with Crippen LogP contribution < -0.4 is 4.90 Å². The molecule has 2 heterocycles. The van der Waals surface area contributed by atoms with Gasteiger partial charge in [-0.2, -0.15) is 4.99 Å². The van der Waals surface area contributed by atoms with E-state index in [-0.39, 0.29) is 28.7 Å². The number of fused-ring (bicyclic) bond motifs is 1. The molecule has 2 fully saturated rings. The molecule has 2 saturated heterocycles. The number of carbonyl (C=O) groups excluding carboxylic acids is 1. The van der Waals surface area contributed by atoms with E-state index < -0.39 is 15.3 Å². The van der Waals surface area contributed by atoms with Gasteiger partial charge in [0.1, 0.15) is 0 Å². The van der Waals surface area contributed by atoms with E-state index in [0.717, 1.165) is 0 Å². The van der Waals surface area contributed by atoms with Gasteiger partial charge in [-0.25, -0.2) is 8.42 Å². The first kappa shape index (κ1) is 19.0. The lowest BCUT2D eigenvalue weighted by Crippen LogP contribution is -2.38. The number of amidine groups is 1. The monoisotopic (exact) mass is 420 g/mol. The Morgan fingerprint density at radius 2 is 1.96 bits per heavy atom. The Balaban J connectivity index is 2.09. The molecule has 0 saturated carbocycles. The maximum Gasteiger partial charge on any atom is 0.253 e. The highest BCUT2D eigenvalue weighted by atomic mass is 35.5. The number of carbonyl (C=O) groups is 1. The van der Waals surface area contributed by atoms with E-state index in [9.17, 15) is 13.2 Å². The minimum Gasteiger partial charge on any atom is -0.314 e. The van der Waals surface area contributed by atoms with Gasteiger partial charge in [0.25, 0.3) is 5.91 Å². The van der Waals surface area contributed by atoms with Crippen LogP contribution in [0.4, 0.5) is 5.69 Å². The summed E-state index contributed by atoms with van der Waals surface area (Å²) in [5.74, 6) is -0.184. The van der Waals surface area contributed by atoms with Crippen LogP contribution in [0.1, 0.15) is 20.8 Å². The van der Waals surface area contributed by atoms with Gasteiger partial charge in [-0.1, -0.05) is 61.8 Å². The van der Waals surface area contributed by atoms with E-state index in [1.807, 2.05) is 0 Å². The SMILES string of the molecule is CC(C)(C)C(=O)N=C1S[C@@H]2CS(=O)(=O)C[C@H]2N1c1cccc(Cl)c1Cl. The molecule has 2 aliphatic rings. The van der Waals surface area contributed by atoms with Crippen molar-refractivity contribution in [1.82, 2.24) is 0 Å². The first-order valence-electron chi connectivity index (χ1n) is 7.73.